The molecule has 0 radical (unpaired) electrons. The van der Waals surface area contributed by atoms with Crippen LogP contribution in [0.5, 0.6) is 0 Å². The smallest absolute Gasteiger partial charge is 0.318 e. The standard InChI is InChI=1S/C22H28N6O2/c1-23-22(29)24-15-5-3-14(4-6-15)20-25-19-13-27(2)10-9-18(19)21(26-20)28-11-16-7-8-17(12-28)30-16/h3-6,16-17H,7-13H2,1-2H3,(H2,23,24,29). The molecule has 8 nitrogen and oxygen atoms in total. The van der Waals surface area contributed by atoms with Crippen molar-refractivity contribution in [2.24, 2.45) is 0 Å². The fourth-order valence-corrected chi connectivity index (χ4v) is 4.62. The summed E-state index contributed by atoms with van der Waals surface area (Å²) in [5, 5.41) is 5.34. The molecule has 3 aliphatic rings. The first-order valence-electron chi connectivity index (χ1n) is 10.7. The highest BCUT2D eigenvalue weighted by molar-refractivity contribution is 5.89. The number of benzene rings is 1. The van der Waals surface area contributed by atoms with Gasteiger partial charge in [0, 0.05) is 50.0 Å². The summed E-state index contributed by atoms with van der Waals surface area (Å²) in [6.45, 7) is 3.68. The number of nitrogens with one attached hydrogen (secondary N) is 2. The van der Waals surface area contributed by atoms with Gasteiger partial charge in [-0.3, -0.25) is 0 Å². The van der Waals surface area contributed by atoms with Gasteiger partial charge in [-0.25, -0.2) is 14.8 Å². The molecule has 2 amide bonds. The highest BCUT2D eigenvalue weighted by Gasteiger charge is 2.36. The molecule has 1 aromatic carbocycles. The van der Waals surface area contributed by atoms with Crippen molar-refractivity contribution in [2.45, 2.75) is 38.0 Å². The number of rotatable bonds is 3. The van der Waals surface area contributed by atoms with Crippen LogP contribution >= 0.6 is 0 Å². The van der Waals surface area contributed by atoms with Gasteiger partial charge in [0.1, 0.15) is 5.82 Å². The highest BCUT2D eigenvalue weighted by atomic mass is 16.5. The summed E-state index contributed by atoms with van der Waals surface area (Å²) in [4.78, 5) is 26.3. The largest absolute Gasteiger partial charge is 0.371 e. The number of hydrogen-bond acceptors (Lipinski definition) is 6. The molecule has 158 valence electrons. The summed E-state index contributed by atoms with van der Waals surface area (Å²) < 4.78 is 6.05. The zero-order chi connectivity index (χ0) is 20.7. The Bertz CT molecular complexity index is 935. The van der Waals surface area contributed by atoms with Crippen LogP contribution in [0.25, 0.3) is 11.4 Å². The number of likely N-dealkylation sites (N-methyl/N-ethyl adjacent to an activating group) is 1. The SMILES string of the molecule is CNC(=O)Nc1ccc(-c2nc3c(c(N4CC5CCC(C4)O5)n2)CCN(C)C3)cc1. The number of nitrogens with zero attached hydrogens (tertiary/aromatic N) is 4. The lowest BCUT2D eigenvalue weighted by atomic mass is 10.0. The van der Waals surface area contributed by atoms with Crippen LogP contribution in [0.4, 0.5) is 16.3 Å². The van der Waals surface area contributed by atoms with E-state index >= 15 is 0 Å². The van der Waals surface area contributed by atoms with Crippen LogP contribution in [-0.2, 0) is 17.7 Å². The molecule has 2 saturated heterocycles. The molecular formula is C22H28N6O2. The number of carbonyl (C=O) groups is 1. The Morgan fingerprint density at radius 1 is 1.13 bits per heavy atom. The monoisotopic (exact) mass is 408 g/mol. The van der Waals surface area contributed by atoms with Crippen LogP contribution in [0.1, 0.15) is 24.1 Å². The number of fused-ring (bicyclic) bond motifs is 3. The Morgan fingerprint density at radius 2 is 1.87 bits per heavy atom. The van der Waals surface area contributed by atoms with E-state index in [4.69, 9.17) is 14.7 Å². The van der Waals surface area contributed by atoms with Crippen LogP contribution in [0.3, 0.4) is 0 Å². The second kappa shape index (κ2) is 7.85. The number of amides is 2. The number of anilines is 2. The first-order valence-corrected chi connectivity index (χ1v) is 10.7. The maximum atomic E-state index is 11.5. The molecule has 1 aromatic heterocycles. The van der Waals surface area contributed by atoms with Crippen LogP contribution < -0.4 is 15.5 Å². The minimum atomic E-state index is -0.236. The molecule has 3 aliphatic heterocycles. The minimum absolute atomic E-state index is 0.236. The maximum absolute atomic E-state index is 11.5. The normalized spacial score (nSPS) is 23.2. The summed E-state index contributed by atoms with van der Waals surface area (Å²) in [5.74, 6) is 1.82. The molecule has 2 fully saturated rings. The number of morpholine rings is 1. The first-order chi connectivity index (χ1) is 14.6. The Morgan fingerprint density at radius 3 is 2.57 bits per heavy atom. The topological polar surface area (TPSA) is 82.6 Å². The van der Waals surface area contributed by atoms with E-state index in [0.29, 0.717) is 12.2 Å². The lowest BCUT2D eigenvalue weighted by Crippen LogP contribution is -2.44. The van der Waals surface area contributed by atoms with Crippen molar-refractivity contribution in [3.63, 3.8) is 0 Å². The Balaban J connectivity index is 1.49. The van der Waals surface area contributed by atoms with E-state index in [1.165, 1.54) is 5.56 Å². The number of hydrogen-bond donors (Lipinski definition) is 2. The van der Waals surface area contributed by atoms with E-state index in [1.807, 2.05) is 24.3 Å². The van der Waals surface area contributed by atoms with Gasteiger partial charge >= 0.3 is 6.03 Å². The molecule has 2 unspecified atom stereocenters. The molecule has 0 spiro atoms. The molecule has 2 aromatic rings. The summed E-state index contributed by atoms with van der Waals surface area (Å²) in [5.41, 5.74) is 4.10. The summed E-state index contributed by atoms with van der Waals surface area (Å²) in [6, 6.07) is 7.46. The van der Waals surface area contributed by atoms with Crippen molar-refractivity contribution in [1.82, 2.24) is 20.2 Å². The van der Waals surface area contributed by atoms with E-state index in [1.54, 1.807) is 7.05 Å². The molecule has 0 saturated carbocycles. The third-order valence-corrected chi connectivity index (χ3v) is 6.21. The second-order valence-corrected chi connectivity index (χ2v) is 8.43. The second-order valence-electron chi connectivity index (χ2n) is 8.43. The maximum Gasteiger partial charge on any atom is 0.318 e. The number of aromatic nitrogens is 2. The zero-order valence-electron chi connectivity index (χ0n) is 17.5. The Labute approximate surface area is 176 Å². The average Bonchev–Trinajstić information content (AvgIpc) is 3.10. The van der Waals surface area contributed by atoms with Crippen molar-refractivity contribution >= 4 is 17.5 Å². The molecule has 0 aliphatic carbocycles. The molecule has 4 heterocycles. The molecule has 2 bridgehead atoms. The first kappa shape index (κ1) is 19.3. The third kappa shape index (κ3) is 3.73. The van der Waals surface area contributed by atoms with Crippen LogP contribution in [0.15, 0.2) is 24.3 Å². The lowest BCUT2D eigenvalue weighted by molar-refractivity contribution is 0.0301. The fourth-order valence-electron chi connectivity index (χ4n) is 4.62. The third-order valence-electron chi connectivity index (χ3n) is 6.21. The molecule has 5 rings (SSSR count). The van der Waals surface area contributed by atoms with Crippen molar-refractivity contribution in [1.29, 1.82) is 0 Å². The molecule has 2 N–H and O–H groups in total. The van der Waals surface area contributed by atoms with Crippen molar-refractivity contribution in [2.75, 3.05) is 43.9 Å². The number of ether oxygens (including phenoxy) is 1. The van der Waals surface area contributed by atoms with Gasteiger partial charge in [-0.2, -0.15) is 0 Å². The quantitative estimate of drug-likeness (QED) is 0.811. The van der Waals surface area contributed by atoms with E-state index in [2.05, 4.69) is 27.5 Å². The van der Waals surface area contributed by atoms with E-state index in [-0.39, 0.29) is 6.03 Å². The summed E-state index contributed by atoms with van der Waals surface area (Å²) in [6.07, 6.45) is 3.90. The minimum Gasteiger partial charge on any atom is -0.371 e. The fraction of sp³-hybridized carbons (Fsp3) is 0.500. The van der Waals surface area contributed by atoms with Gasteiger partial charge in [0.05, 0.1) is 17.9 Å². The van der Waals surface area contributed by atoms with Crippen LogP contribution in [-0.4, -0.2) is 66.8 Å². The van der Waals surface area contributed by atoms with E-state index < -0.39 is 0 Å². The van der Waals surface area contributed by atoms with Gasteiger partial charge in [0.25, 0.3) is 0 Å². The molecule has 2 atom stereocenters. The van der Waals surface area contributed by atoms with Crippen molar-refractivity contribution in [3.8, 4) is 11.4 Å². The average molecular weight is 409 g/mol. The molecule has 8 heteroatoms. The predicted molar refractivity (Wildman–Crippen MR) is 116 cm³/mol. The van der Waals surface area contributed by atoms with Gasteiger partial charge in [-0.1, -0.05) is 0 Å². The van der Waals surface area contributed by atoms with Gasteiger partial charge in [0.15, 0.2) is 5.82 Å². The highest BCUT2D eigenvalue weighted by Crippen LogP contribution is 2.34. The Hall–Kier alpha value is -2.71. The van der Waals surface area contributed by atoms with Crippen molar-refractivity contribution in [3.05, 3.63) is 35.5 Å². The summed E-state index contributed by atoms with van der Waals surface area (Å²) >= 11 is 0. The number of urea groups is 1. The van der Waals surface area contributed by atoms with Crippen LogP contribution in [0, 0.1) is 0 Å². The zero-order valence-corrected chi connectivity index (χ0v) is 17.5. The lowest BCUT2D eigenvalue weighted by Gasteiger charge is -2.36. The summed E-state index contributed by atoms with van der Waals surface area (Å²) in [7, 11) is 3.74. The predicted octanol–water partition coefficient (Wildman–Crippen LogP) is 2.25. The van der Waals surface area contributed by atoms with Crippen LogP contribution in [0.2, 0.25) is 0 Å². The van der Waals surface area contributed by atoms with E-state index in [9.17, 15) is 4.79 Å². The number of carbonyl (C=O) groups excluding carboxylic acids is 1. The molecular weight excluding hydrogens is 380 g/mol. The van der Waals surface area contributed by atoms with Gasteiger partial charge < -0.3 is 25.2 Å². The van der Waals surface area contributed by atoms with E-state index in [0.717, 1.165) is 74.0 Å². The molecule has 30 heavy (non-hydrogen) atoms. The van der Waals surface area contributed by atoms with Gasteiger partial charge in [-0.05, 0) is 50.6 Å². The van der Waals surface area contributed by atoms with Gasteiger partial charge in [-0.15, -0.1) is 0 Å². The Kier molecular flexibility index (Phi) is 5.04. The van der Waals surface area contributed by atoms with Gasteiger partial charge in [0.2, 0.25) is 0 Å². The van der Waals surface area contributed by atoms with Crippen molar-refractivity contribution < 1.29 is 9.53 Å².